The molecule has 0 saturated carbocycles. The van der Waals surface area contributed by atoms with Crippen LogP contribution in [0.15, 0.2) is 24.3 Å². The second-order valence-corrected chi connectivity index (χ2v) is 4.29. The second kappa shape index (κ2) is 6.84. The predicted molar refractivity (Wildman–Crippen MR) is 67.8 cm³/mol. The first-order chi connectivity index (χ1) is 8.91. The molecular weight excluding hydrogens is 251 g/mol. The number of aliphatic carboxylic acids is 1. The van der Waals surface area contributed by atoms with Gasteiger partial charge in [0.25, 0.3) is 0 Å². The van der Waals surface area contributed by atoms with Crippen molar-refractivity contribution in [2.45, 2.75) is 31.8 Å². The largest absolute Gasteiger partial charge is 0.481 e. The van der Waals surface area contributed by atoms with Gasteiger partial charge in [-0.15, -0.1) is 0 Å². The summed E-state index contributed by atoms with van der Waals surface area (Å²) in [5.41, 5.74) is 5.92. The fourth-order valence-electron chi connectivity index (χ4n) is 1.63. The van der Waals surface area contributed by atoms with Crippen LogP contribution in [0.4, 0.5) is 4.39 Å². The van der Waals surface area contributed by atoms with E-state index in [2.05, 4.69) is 5.32 Å². The van der Waals surface area contributed by atoms with Crippen LogP contribution in [0.3, 0.4) is 0 Å². The number of hydrogen-bond acceptors (Lipinski definition) is 3. The third-order valence-corrected chi connectivity index (χ3v) is 2.74. The van der Waals surface area contributed by atoms with E-state index >= 15 is 0 Å². The molecule has 0 aliphatic heterocycles. The summed E-state index contributed by atoms with van der Waals surface area (Å²) >= 11 is 0. The fourth-order valence-corrected chi connectivity index (χ4v) is 1.63. The van der Waals surface area contributed by atoms with E-state index in [1.807, 2.05) is 0 Å². The molecule has 0 aliphatic carbocycles. The monoisotopic (exact) mass is 268 g/mol. The first kappa shape index (κ1) is 15.1. The Kier molecular flexibility index (Phi) is 5.44. The molecule has 4 N–H and O–H groups in total. The minimum atomic E-state index is -1.01. The number of nitrogens with one attached hydrogen (secondary N) is 1. The third kappa shape index (κ3) is 4.67. The summed E-state index contributed by atoms with van der Waals surface area (Å²) in [4.78, 5) is 22.1. The van der Waals surface area contributed by atoms with Crippen molar-refractivity contribution in [2.75, 3.05) is 0 Å². The Morgan fingerprint density at radius 3 is 2.63 bits per heavy atom. The lowest BCUT2D eigenvalue weighted by atomic mass is 10.1. The van der Waals surface area contributed by atoms with Crippen molar-refractivity contribution in [3.05, 3.63) is 35.6 Å². The molecule has 104 valence electrons. The van der Waals surface area contributed by atoms with Crippen molar-refractivity contribution < 1.29 is 19.1 Å². The molecule has 2 atom stereocenters. The first-order valence-electron chi connectivity index (χ1n) is 5.94. The molecule has 0 fully saturated rings. The Morgan fingerprint density at radius 2 is 2.05 bits per heavy atom. The van der Waals surface area contributed by atoms with E-state index in [9.17, 15) is 14.0 Å². The van der Waals surface area contributed by atoms with Gasteiger partial charge in [-0.1, -0.05) is 18.2 Å². The van der Waals surface area contributed by atoms with Crippen LogP contribution >= 0.6 is 0 Å². The number of amides is 1. The molecule has 0 saturated heterocycles. The summed E-state index contributed by atoms with van der Waals surface area (Å²) in [5, 5.41) is 11.1. The Labute approximate surface area is 110 Å². The maximum atomic E-state index is 13.5. The predicted octanol–water partition coefficient (Wildman–Crippen LogP) is 1.19. The number of carbonyl (C=O) groups excluding carboxylic acids is 1. The molecule has 0 radical (unpaired) electrons. The quantitative estimate of drug-likeness (QED) is 0.722. The Balaban J connectivity index is 2.57. The summed E-state index contributed by atoms with van der Waals surface area (Å²) < 4.78 is 13.5. The minimum Gasteiger partial charge on any atom is -0.481 e. The highest BCUT2D eigenvalue weighted by molar-refractivity contribution is 5.82. The van der Waals surface area contributed by atoms with Gasteiger partial charge in [-0.05, 0) is 19.4 Å². The van der Waals surface area contributed by atoms with E-state index in [0.29, 0.717) is 5.56 Å². The normalized spacial score (nSPS) is 13.6. The van der Waals surface area contributed by atoms with Crippen molar-refractivity contribution in [3.8, 4) is 0 Å². The highest BCUT2D eigenvalue weighted by Gasteiger charge is 2.18. The number of rotatable bonds is 6. The van der Waals surface area contributed by atoms with Gasteiger partial charge in [0, 0.05) is 12.0 Å². The molecular formula is C13H17FN2O3. The topological polar surface area (TPSA) is 92.4 Å². The molecule has 0 aromatic heterocycles. The van der Waals surface area contributed by atoms with E-state index < -0.39 is 29.8 Å². The van der Waals surface area contributed by atoms with Crippen LogP contribution in [0.25, 0.3) is 0 Å². The van der Waals surface area contributed by atoms with Gasteiger partial charge in [0.15, 0.2) is 0 Å². The van der Waals surface area contributed by atoms with E-state index in [4.69, 9.17) is 10.8 Å². The molecule has 1 amide bonds. The van der Waals surface area contributed by atoms with E-state index in [-0.39, 0.29) is 12.8 Å². The lowest BCUT2D eigenvalue weighted by Gasteiger charge is -2.18. The van der Waals surface area contributed by atoms with Crippen molar-refractivity contribution >= 4 is 11.9 Å². The zero-order valence-corrected chi connectivity index (χ0v) is 10.6. The minimum absolute atomic E-state index is 0.0468. The van der Waals surface area contributed by atoms with E-state index in [0.717, 1.165) is 0 Å². The summed E-state index contributed by atoms with van der Waals surface area (Å²) in [6.07, 6.45) is -0.131. The van der Waals surface area contributed by atoms with Gasteiger partial charge in [-0.25, -0.2) is 4.39 Å². The highest BCUT2D eigenvalue weighted by atomic mass is 19.1. The van der Waals surface area contributed by atoms with Gasteiger partial charge in [0.1, 0.15) is 5.82 Å². The Bertz CT molecular complexity index is 465. The van der Waals surface area contributed by atoms with Gasteiger partial charge in [0.05, 0.1) is 12.1 Å². The molecule has 0 bridgehead atoms. The number of halogens is 1. The highest BCUT2D eigenvalue weighted by Crippen LogP contribution is 2.16. The van der Waals surface area contributed by atoms with Crippen molar-refractivity contribution in [1.29, 1.82) is 0 Å². The number of nitrogens with two attached hydrogens (primary N) is 1. The van der Waals surface area contributed by atoms with Crippen LogP contribution in [0.5, 0.6) is 0 Å². The number of hydrogen-bond donors (Lipinski definition) is 3. The van der Waals surface area contributed by atoms with Crippen LogP contribution in [0.2, 0.25) is 0 Å². The molecule has 5 nitrogen and oxygen atoms in total. The van der Waals surface area contributed by atoms with E-state index in [1.165, 1.54) is 6.07 Å². The van der Waals surface area contributed by atoms with Crippen LogP contribution in [-0.2, 0) is 9.59 Å². The summed E-state index contributed by atoms with van der Waals surface area (Å²) in [7, 11) is 0. The van der Waals surface area contributed by atoms with Crippen molar-refractivity contribution in [1.82, 2.24) is 5.32 Å². The lowest BCUT2D eigenvalue weighted by molar-refractivity contribution is -0.137. The molecule has 1 aromatic rings. The SMILES string of the molecule is C[C@@H](NC(=O)C(N)CCC(=O)O)c1ccccc1F. The molecule has 1 rings (SSSR count). The summed E-state index contributed by atoms with van der Waals surface area (Å²) in [6, 6.07) is 4.68. The molecule has 1 aromatic carbocycles. The number of benzene rings is 1. The average Bonchev–Trinajstić information content (AvgIpc) is 2.36. The Morgan fingerprint density at radius 1 is 1.42 bits per heavy atom. The number of carboxylic acids is 1. The molecule has 19 heavy (non-hydrogen) atoms. The molecule has 0 aliphatic rings. The van der Waals surface area contributed by atoms with Gasteiger partial charge >= 0.3 is 5.97 Å². The zero-order chi connectivity index (χ0) is 14.4. The molecule has 0 spiro atoms. The van der Waals surface area contributed by atoms with Crippen LogP contribution in [-0.4, -0.2) is 23.0 Å². The molecule has 0 heterocycles. The molecule has 6 heteroatoms. The van der Waals surface area contributed by atoms with Gasteiger partial charge in [0.2, 0.25) is 5.91 Å². The average molecular weight is 268 g/mol. The van der Waals surface area contributed by atoms with Crippen LogP contribution < -0.4 is 11.1 Å². The number of carboxylic acid groups (broad SMARTS) is 1. The zero-order valence-electron chi connectivity index (χ0n) is 10.6. The van der Waals surface area contributed by atoms with Crippen LogP contribution in [0, 0.1) is 5.82 Å². The lowest BCUT2D eigenvalue weighted by Crippen LogP contribution is -2.42. The van der Waals surface area contributed by atoms with Gasteiger partial charge in [-0.2, -0.15) is 0 Å². The van der Waals surface area contributed by atoms with E-state index in [1.54, 1.807) is 25.1 Å². The van der Waals surface area contributed by atoms with Gasteiger partial charge in [-0.3, -0.25) is 9.59 Å². The number of carbonyl (C=O) groups is 2. The standard InChI is InChI=1S/C13H17FN2O3/c1-8(9-4-2-3-5-10(9)14)16-13(19)11(15)6-7-12(17)18/h2-5,8,11H,6-7,15H2,1H3,(H,16,19)(H,17,18)/t8-,11?/m1/s1. The van der Waals surface area contributed by atoms with Crippen molar-refractivity contribution in [3.63, 3.8) is 0 Å². The van der Waals surface area contributed by atoms with Crippen LogP contribution in [0.1, 0.15) is 31.4 Å². The maximum Gasteiger partial charge on any atom is 0.303 e. The molecule has 1 unspecified atom stereocenters. The van der Waals surface area contributed by atoms with Gasteiger partial charge < -0.3 is 16.2 Å². The summed E-state index contributed by atoms with van der Waals surface area (Å²) in [5.74, 6) is -1.91. The fraction of sp³-hybridized carbons (Fsp3) is 0.385. The first-order valence-corrected chi connectivity index (χ1v) is 5.94. The smallest absolute Gasteiger partial charge is 0.303 e. The Hall–Kier alpha value is -1.95. The second-order valence-electron chi connectivity index (χ2n) is 4.29. The van der Waals surface area contributed by atoms with Crippen molar-refractivity contribution in [2.24, 2.45) is 5.73 Å². The third-order valence-electron chi connectivity index (χ3n) is 2.74. The summed E-state index contributed by atoms with van der Waals surface area (Å²) in [6.45, 7) is 1.64. The maximum absolute atomic E-state index is 13.5.